The Morgan fingerprint density at radius 3 is 2.57 bits per heavy atom. The fraction of sp³-hybridized carbons (Fsp3) is 0.545. The Kier molecular flexibility index (Phi) is 3.74. The molecular formula is C11H19N3. The van der Waals surface area contributed by atoms with E-state index < -0.39 is 0 Å². The SMILES string of the molecule is CCC(CC)Nc1nc(C)ccc1N. The minimum atomic E-state index is 0.464. The van der Waals surface area contributed by atoms with Gasteiger partial charge in [0.1, 0.15) is 5.82 Å². The molecule has 0 atom stereocenters. The van der Waals surface area contributed by atoms with Gasteiger partial charge in [0.15, 0.2) is 0 Å². The van der Waals surface area contributed by atoms with E-state index in [1.54, 1.807) is 0 Å². The predicted molar refractivity (Wildman–Crippen MR) is 61.4 cm³/mol. The number of anilines is 2. The second-order valence-corrected chi connectivity index (χ2v) is 3.55. The molecule has 0 aromatic carbocycles. The Morgan fingerprint density at radius 2 is 2.00 bits per heavy atom. The third-order valence-corrected chi connectivity index (χ3v) is 2.39. The number of rotatable bonds is 4. The lowest BCUT2D eigenvalue weighted by Gasteiger charge is -2.16. The normalized spacial score (nSPS) is 10.6. The standard InChI is InChI=1S/C11H19N3/c1-4-9(5-2)14-11-10(12)7-6-8(3)13-11/h6-7,9H,4-5,12H2,1-3H3,(H,13,14). The maximum atomic E-state index is 5.82. The number of aryl methyl sites for hydroxylation is 1. The summed E-state index contributed by atoms with van der Waals surface area (Å²) in [4.78, 5) is 4.37. The van der Waals surface area contributed by atoms with Crippen LogP contribution in [0.25, 0.3) is 0 Å². The second-order valence-electron chi connectivity index (χ2n) is 3.55. The average Bonchev–Trinajstić information content (AvgIpc) is 2.19. The number of nitrogens with two attached hydrogens (primary N) is 1. The van der Waals surface area contributed by atoms with Crippen LogP contribution in [-0.4, -0.2) is 11.0 Å². The van der Waals surface area contributed by atoms with Crippen LogP contribution in [0.5, 0.6) is 0 Å². The first-order chi connectivity index (χ1) is 6.67. The largest absolute Gasteiger partial charge is 0.396 e. The molecule has 1 aromatic rings. The van der Waals surface area contributed by atoms with Crippen molar-refractivity contribution in [1.29, 1.82) is 0 Å². The summed E-state index contributed by atoms with van der Waals surface area (Å²) >= 11 is 0. The van der Waals surface area contributed by atoms with E-state index in [0.29, 0.717) is 6.04 Å². The molecular weight excluding hydrogens is 174 g/mol. The highest BCUT2D eigenvalue weighted by Crippen LogP contribution is 2.17. The van der Waals surface area contributed by atoms with Crippen molar-refractivity contribution in [3.63, 3.8) is 0 Å². The van der Waals surface area contributed by atoms with Gasteiger partial charge < -0.3 is 11.1 Å². The van der Waals surface area contributed by atoms with Crippen LogP contribution >= 0.6 is 0 Å². The Bertz CT molecular complexity index is 293. The number of nitrogen functional groups attached to an aromatic ring is 1. The van der Waals surface area contributed by atoms with Gasteiger partial charge in [-0.2, -0.15) is 0 Å². The molecule has 0 fully saturated rings. The zero-order chi connectivity index (χ0) is 10.6. The van der Waals surface area contributed by atoms with E-state index in [4.69, 9.17) is 5.73 Å². The van der Waals surface area contributed by atoms with Gasteiger partial charge in [0.25, 0.3) is 0 Å². The van der Waals surface area contributed by atoms with E-state index in [0.717, 1.165) is 30.0 Å². The number of pyridine rings is 1. The minimum absolute atomic E-state index is 0.464. The Morgan fingerprint density at radius 1 is 1.36 bits per heavy atom. The monoisotopic (exact) mass is 193 g/mol. The van der Waals surface area contributed by atoms with Crippen molar-refractivity contribution in [1.82, 2.24) is 4.98 Å². The fourth-order valence-corrected chi connectivity index (χ4v) is 1.37. The maximum absolute atomic E-state index is 5.82. The zero-order valence-corrected chi connectivity index (χ0v) is 9.17. The van der Waals surface area contributed by atoms with Crippen molar-refractivity contribution in [2.45, 2.75) is 39.7 Å². The van der Waals surface area contributed by atoms with Gasteiger partial charge in [-0.25, -0.2) is 4.98 Å². The van der Waals surface area contributed by atoms with E-state index in [1.165, 1.54) is 0 Å². The first-order valence-electron chi connectivity index (χ1n) is 5.17. The summed E-state index contributed by atoms with van der Waals surface area (Å²) in [6, 6.07) is 4.28. The van der Waals surface area contributed by atoms with Gasteiger partial charge in [-0.1, -0.05) is 13.8 Å². The van der Waals surface area contributed by atoms with Crippen molar-refractivity contribution < 1.29 is 0 Å². The van der Waals surface area contributed by atoms with E-state index in [-0.39, 0.29) is 0 Å². The highest BCUT2D eigenvalue weighted by molar-refractivity contribution is 5.61. The van der Waals surface area contributed by atoms with Crippen LogP contribution in [0.3, 0.4) is 0 Å². The van der Waals surface area contributed by atoms with Crippen molar-refractivity contribution in [3.05, 3.63) is 17.8 Å². The van der Waals surface area contributed by atoms with Gasteiger partial charge in [0, 0.05) is 11.7 Å². The molecule has 1 rings (SSSR count). The first-order valence-corrected chi connectivity index (χ1v) is 5.17. The molecule has 0 amide bonds. The van der Waals surface area contributed by atoms with Crippen LogP contribution in [0.2, 0.25) is 0 Å². The van der Waals surface area contributed by atoms with Crippen LogP contribution < -0.4 is 11.1 Å². The summed E-state index contributed by atoms with van der Waals surface area (Å²) in [5.74, 6) is 0.818. The molecule has 0 bridgehead atoms. The lowest BCUT2D eigenvalue weighted by atomic mass is 10.1. The smallest absolute Gasteiger partial charge is 0.149 e. The molecule has 3 N–H and O–H groups in total. The molecule has 0 saturated carbocycles. The van der Waals surface area contributed by atoms with Crippen molar-refractivity contribution in [2.75, 3.05) is 11.1 Å². The van der Waals surface area contributed by atoms with Gasteiger partial charge in [0.2, 0.25) is 0 Å². The predicted octanol–water partition coefficient (Wildman–Crippen LogP) is 2.57. The maximum Gasteiger partial charge on any atom is 0.149 e. The van der Waals surface area contributed by atoms with Crippen molar-refractivity contribution in [3.8, 4) is 0 Å². The third kappa shape index (κ3) is 2.62. The van der Waals surface area contributed by atoms with Crippen LogP contribution in [0, 0.1) is 6.92 Å². The summed E-state index contributed by atoms with van der Waals surface area (Å²) in [6.45, 7) is 6.29. The number of aromatic nitrogens is 1. The number of nitrogens with one attached hydrogen (secondary N) is 1. The van der Waals surface area contributed by atoms with E-state index >= 15 is 0 Å². The van der Waals surface area contributed by atoms with Crippen LogP contribution in [0.4, 0.5) is 11.5 Å². The molecule has 0 spiro atoms. The molecule has 78 valence electrons. The summed E-state index contributed by atoms with van der Waals surface area (Å²) in [6.07, 6.45) is 2.18. The van der Waals surface area contributed by atoms with Gasteiger partial charge in [-0.15, -0.1) is 0 Å². The van der Waals surface area contributed by atoms with Gasteiger partial charge in [0.05, 0.1) is 5.69 Å². The topological polar surface area (TPSA) is 50.9 Å². The van der Waals surface area contributed by atoms with Gasteiger partial charge in [-0.3, -0.25) is 0 Å². The van der Waals surface area contributed by atoms with Gasteiger partial charge in [-0.05, 0) is 31.9 Å². The van der Waals surface area contributed by atoms with E-state index in [2.05, 4.69) is 24.1 Å². The number of hydrogen-bond acceptors (Lipinski definition) is 3. The summed E-state index contributed by atoms with van der Waals surface area (Å²) in [7, 11) is 0. The lowest BCUT2D eigenvalue weighted by molar-refractivity contribution is 0.668. The van der Waals surface area contributed by atoms with Crippen LogP contribution in [0.15, 0.2) is 12.1 Å². The number of hydrogen-bond donors (Lipinski definition) is 2. The third-order valence-electron chi connectivity index (χ3n) is 2.39. The fourth-order valence-electron chi connectivity index (χ4n) is 1.37. The molecule has 0 aliphatic rings. The highest BCUT2D eigenvalue weighted by atomic mass is 15.0. The lowest BCUT2D eigenvalue weighted by Crippen LogP contribution is -2.19. The Labute approximate surface area is 85.7 Å². The number of nitrogens with zero attached hydrogens (tertiary/aromatic N) is 1. The molecule has 1 heterocycles. The zero-order valence-electron chi connectivity index (χ0n) is 9.17. The molecule has 14 heavy (non-hydrogen) atoms. The first kappa shape index (κ1) is 10.8. The summed E-state index contributed by atoms with van der Waals surface area (Å²) in [5, 5.41) is 3.35. The molecule has 0 aliphatic carbocycles. The van der Waals surface area contributed by atoms with Crippen LogP contribution in [0.1, 0.15) is 32.4 Å². The Hall–Kier alpha value is -1.25. The summed E-state index contributed by atoms with van der Waals surface area (Å²) < 4.78 is 0. The molecule has 3 nitrogen and oxygen atoms in total. The quantitative estimate of drug-likeness (QED) is 0.772. The molecule has 0 unspecified atom stereocenters. The van der Waals surface area contributed by atoms with Gasteiger partial charge >= 0.3 is 0 Å². The Balaban J connectivity index is 2.79. The minimum Gasteiger partial charge on any atom is -0.396 e. The molecule has 3 heteroatoms. The van der Waals surface area contributed by atoms with E-state index in [1.807, 2.05) is 19.1 Å². The average molecular weight is 193 g/mol. The van der Waals surface area contributed by atoms with E-state index in [9.17, 15) is 0 Å². The second kappa shape index (κ2) is 4.84. The molecule has 0 aliphatic heterocycles. The molecule has 0 saturated heterocycles. The highest BCUT2D eigenvalue weighted by Gasteiger charge is 2.06. The summed E-state index contributed by atoms with van der Waals surface area (Å²) in [5.41, 5.74) is 7.54. The van der Waals surface area contributed by atoms with Crippen LogP contribution in [-0.2, 0) is 0 Å². The molecule has 1 aromatic heterocycles. The molecule has 0 radical (unpaired) electrons. The van der Waals surface area contributed by atoms with Crippen molar-refractivity contribution >= 4 is 11.5 Å². The van der Waals surface area contributed by atoms with Crippen molar-refractivity contribution in [2.24, 2.45) is 0 Å².